The van der Waals surface area contributed by atoms with E-state index in [0.29, 0.717) is 19.8 Å². The van der Waals surface area contributed by atoms with E-state index < -0.39 is 0 Å². The maximum Gasteiger partial charge on any atom is 0.223 e. The van der Waals surface area contributed by atoms with Gasteiger partial charge >= 0.3 is 0 Å². The number of aromatic nitrogens is 1. The van der Waals surface area contributed by atoms with E-state index in [1.807, 2.05) is 37.4 Å². The van der Waals surface area contributed by atoms with E-state index in [9.17, 15) is 4.79 Å². The fraction of sp³-hybridized carbons (Fsp3) is 0.440. The Bertz CT molecular complexity index is 939. The second-order valence-corrected chi connectivity index (χ2v) is 8.88. The molecule has 6 heteroatoms. The van der Waals surface area contributed by atoms with Crippen molar-refractivity contribution in [1.29, 1.82) is 0 Å². The summed E-state index contributed by atoms with van der Waals surface area (Å²) in [6, 6.07) is 10.2. The van der Waals surface area contributed by atoms with E-state index >= 15 is 0 Å². The first-order valence-corrected chi connectivity index (χ1v) is 11.4. The molecule has 1 aromatic heterocycles. The van der Waals surface area contributed by atoms with E-state index in [-0.39, 0.29) is 11.8 Å². The van der Waals surface area contributed by atoms with Crippen LogP contribution >= 0.6 is 11.6 Å². The zero-order chi connectivity index (χ0) is 21.6. The van der Waals surface area contributed by atoms with Gasteiger partial charge in [0.1, 0.15) is 0 Å². The Morgan fingerprint density at radius 2 is 2.06 bits per heavy atom. The SMILES string of the molecule is Cc1ncc2c(c1CNC(=O)C1CCOCC1)CCN(C/C(Cl)=C/c1ccccc1)C2. The standard InChI is InChI=1S/C25H30ClN3O2/c1-18-24(15-28-25(30)20-8-11-31-12-9-20)23-7-10-29(16-21(23)14-27-18)17-22(26)13-19-5-3-2-4-6-19/h2-6,13-14,20H,7-12,15-17H2,1H3,(H,28,30)/b22-13-. The maximum atomic E-state index is 12.6. The molecule has 31 heavy (non-hydrogen) atoms. The number of pyridine rings is 1. The fourth-order valence-electron chi connectivity index (χ4n) is 4.42. The molecule has 0 unspecified atom stereocenters. The van der Waals surface area contributed by atoms with Crippen LogP contribution in [-0.2, 0) is 29.0 Å². The second kappa shape index (κ2) is 10.4. The predicted octanol–water partition coefficient (Wildman–Crippen LogP) is 4.07. The van der Waals surface area contributed by atoms with Crippen LogP contribution in [-0.4, -0.2) is 42.1 Å². The number of benzene rings is 1. The van der Waals surface area contributed by atoms with Gasteiger partial charge in [0, 0.05) is 62.2 Å². The third-order valence-corrected chi connectivity index (χ3v) is 6.43. The number of carbonyl (C=O) groups excluding carboxylic acids is 1. The van der Waals surface area contributed by atoms with Crippen molar-refractivity contribution >= 4 is 23.6 Å². The van der Waals surface area contributed by atoms with Crippen molar-refractivity contribution in [3.05, 3.63) is 69.5 Å². The molecule has 1 aromatic carbocycles. The number of carbonyl (C=O) groups is 1. The molecule has 1 saturated heterocycles. The molecule has 3 heterocycles. The lowest BCUT2D eigenvalue weighted by molar-refractivity contribution is -0.128. The smallest absolute Gasteiger partial charge is 0.223 e. The fourth-order valence-corrected chi connectivity index (χ4v) is 4.71. The highest BCUT2D eigenvalue weighted by Crippen LogP contribution is 2.25. The lowest BCUT2D eigenvalue weighted by atomic mass is 9.94. The topological polar surface area (TPSA) is 54.5 Å². The Hall–Kier alpha value is -2.21. The molecule has 0 spiro atoms. The molecule has 1 amide bonds. The van der Waals surface area contributed by atoms with Gasteiger partial charge in [-0.2, -0.15) is 0 Å². The predicted molar refractivity (Wildman–Crippen MR) is 124 cm³/mol. The molecule has 2 aliphatic rings. The molecule has 5 nitrogen and oxygen atoms in total. The zero-order valence-electron chi connectivity index (χ0n) is 18.1. The van der Waals surface area contributed by atoms with E-state index in [4.69, 9.17) is 16.3 Å². The minimum atomic E-state index is 0.0654. The van der Waals surface area contributed by atoms with Crippen LogP contribution in [0.5, 0.6) is 0 Å². The number of nitrogens with one attached hydrogen (secondary N) is 1. The normalized spacial score (nSPS) is 17.9. The van der Waals surface area contributed by atoms with Gasteiger partial charge in [-0.15, -0.1) is 0 Å². The van der Waals surface area contributed by atoms with Gasteiger partial charge in [-0.05, 0) is 54.5 Å². The molecule has 2 aliphatic heterocycles. The van der Waals surface area contributed by atoms with Gasteiger partial charge in [0.15, 0.2) is 0 Å². The highest BCUT2D eigenvalue weighted by Gasteiger charge is 2.24. The molecule has 0 saturated carbocycles. The van der Waals surface area contributed by atoms with Crippen LogP contribution in [0.4, 0.5) is 0 Å². The largest absolute Gasteiger partial charge is 0.381 e. The summed E-state index contributed by atoms with van der Waals surface area (Å²) in [5.74, 6) is 0.200. The third kappa shape index (κ3) is 5.73. The van der Waals surface area contributed by atoms with Crippen LogP contribution in [0.25, 0.3) is 6.08 Å². The van der Waals surface area contributed by atoms with Gasteiger partial charge < -0.3 is 10.1 Å². The van der Waals surface area contributed by atoms with Crippen LogP contribution in [0.2, 0.25) is 0 Å². The van der Waals surface area contributed by atoms with Crippen molar-refractivity contribution in [3.8, 4) is 0 Å². The summed E-state index contributed by atoms with van der Waals surface area (Å²) in [4.78, 5) is 19.5. The van der Waals surface area contributed by atoms with Crippen LogP contribution in [0, 0.1) is 12.8 Å². The Kier molecular flexibility index (Phi) is 7.38. The summed E-state index contributed by atoms with van der Waals surface area (Å²) in [5, 5.41) is 3.98. The lowest BCUT2D eigenvalue weighted by Gasteiger charge is -2.30. The molecular formula is C25H30ClN3O2. The lowest BCUT2D eigenvalue weighted by Crippen LogP contribution is -2.36. The first kappa shape index (κ1) is 22.0. The Morgan fingerprint density at radius 3 is 2.84 bits per heavy atom. The van der Waals surface area contributed by atoms with Gasteiger partial charge in [0.2, 0.25) is 5.91 Å². The molecule has 1 N–H and O–H groups in total. The van der Waals surface area contributed by atoms with Gasteiger partial charge in [-0.3, -0.25) is 14.7 Å². The number of hydrogen-bond acceptors (Lipinski definition) is 4. The van der Waals surface area contributed by atoms with Crippen molar-refractivity contribution in [2.45, 2.75) is 39.3 Å². The number of rotatable bonds is 6. The molecule has 2 aromatic rings. The van der Waals surface area contributed by atoms with Gasteiger partial charge in [0.05, 0.1) is 0 Å². The van der Waals surface area contributed by atoms with E-state index in [0.717, 1.165) is 55.2 Å². The van der Waals surface area contributed by atoms with E-state index in [1.54, 1.807) is 0 Å². The van der Waals surface area contributed by atoms with Gasteiger partial charge in [0.25, 0.3) is 0 Å². The Morgan fingerprint density at radius 1 is 1.29 bits per heavy atom. The summed E-state index contributed by atoms with van der Waals surface area (Å²) in [6.07, 6.45) is 6.57. The number of halogens is 1. The molecule has 0 bridgehead atoms. The highest BCUT2D eigenvalue weighted by molar-refractivity contribution is 6.31. The minimum Gasteiger partial charge on any atom is -0.381 e. The molecule has 4 rings (SSSR count). The summed E-state index contributed by atoms with van der Waals surface area (Å²) < 4.78 is 5.37. The molecular weight excluding hydrogens is 410 g/mol. The average molecular weight is 440 g/mol. The number of ether oxygens (including phenoxy) is 1. The van der Waals surface area contributed by atoms with Crippen molar-refractivity contribution in [2.24, 2.45) is 5.92 Å². The van der Waals surface area contributed by atoms with Crippen LogP contribution < -0.4 is 5.32 Å². The summed E-state index contributed by atoms with van der Waals surface area (Å²) in [5.41, 5.74) is 5.85. The molecule has 0 radical (unpaired) electrons. The van der Waals surface area contributed by atoms with Gasteiger partial charge in [-0.1, -0.05) is 41.9 Å². The first-order valence-electron chi connectivity index (χ1n) is 11.1. The minimum absolute atomic E-state index is 0.0654. The van der Waals surface area contributed by atoms with Crippen LogP contribution in [0.1, 0.15) is 40.8 Å². The monoisotopic (exact) mass is 439 g/mol. The van der Waals surface area contributed by atoms with Crippen molar-refractivity contribution < 1.29 is 9.53 Å². The third-order valence-electron chi connectivity index (χ3n) is 6.20. The first-order chi connectivity index (χ1) is 15.1. The number of hydrogen-bond donors (Lipinski definition) is 1. The Balaban J connectivity index is 1.40. The number of fused-ring (bicyclic) bond motifs is 1. The van der Waals surface area contributed by atoms with Crippen molar-refractivity contribution in [2.75, 3.05) is 26.3 Å². The quantitative estimate of drug-likeness (QED) is 0.737. The molecule has 1 fully saturated rings. The summed E-state index contributed by atoms with van der Waals surface area (Å²) in [7, 11) is 0. The number of aryl methyl sites for hydroxylation is 1. The molecule has 0 aliphatic carbocycles. The maximum absolute atomic E-state index is 12.6. The van der Waals surface area contributed by atoms with Crippen LogP contribution in [0.3, 0.4) is 0 Å². The van der Waals surface area contributed by atoms with E-state index in [1.165, 1.54) is 16.7 Å². The second-order valence-electron chi connectivity index (χ2n) is 8.39. The van der Waals surface area contributed by atoms with Crippen molar-refractivity contribution in [1.82, 2.24) is 15.2 Å². The highest BCUT2D eigenvalue weighted by atomic mass is 35.5. The summed E-state index contributed by atoms with van der Waals surface area (Å²) >= 11 is 6.54. The molecule has 0 atom stereocenters. The summed E-state index contributed by atoms with van der Waals surface area (Å²) in [6.45, 7) is 6.42. The molecule has 164 valence electrons. The Labute approximate surface area is 189 Å². The average Bonchev–Trinajstić information content (AvgIpc) is 2.79. The van der Waals surface area contributed by atoms with Crippen molar-refractivity contribution in [3.63, 3.8) is 0 Å². The number of amides is 1. The van der Waals surface area contributed by atoms with Crippen LogP contribution in [0.15, 0.2) is 41.6 Å². The zero-order valence-corrected chi connectivity index (χ0v) is 18.8. The number of nitrogens with zero attached hydrogens (tertiary/aromatic N) is 2. The van der Waals surface area contributed by atoms with E-state index in [2.05, 4.69) is 27.3 Å². The van der Waals surface area contributed by atoms with Gasteiger partial charge in [-0.25, -0.2) is 0 Å².